The van der Waals surface area contributed by atoms with Crippen molar-refractivity contribution in [3.05, 3.63) is 29.8 Å². The minimum atomic E-state index is -3.50. The Morgan fingerprint density at radius 1 is 1.12 bits per heavy atom. The molecule has 0 saturated carbocycles. The summed E-state index contributed by atoms with van der Waals surface area (Å²) in [6, 6.07) is 6.83. The molecule has 0 bridgehead atoms. The van der Waals surface area contributed by atoms with Gasteiger partial charge in [-0.15, -0.1) is 0 Å². The fourth-order valence-electron chi connectivity index (χ4n) is 3.00. The van der Waals surface area contributed by atoms with E-state index in [9.17, 15) is 13.2 Å². The second-order valence-corrected chi connectivity index (χ2v) is 8.46. The molecule has 1 fully saturated rings. The average molecular weight is 368 g/mol. The molecule has 0 amide bonds. The standard InChI is InChI=1S/C18H28N2O4S/c1-5-14(2)16-6-8-17(9-7-16)25(22,23)20-12-10-19(11-13-20)15(3)18(21)24-4/h6-9,14-15H,5,10-13H2,1-4H3. The van der Waals surface area contributed by atoms with Gasteiger partial charge < -0.3 is 4.74 Å². The number of ether oxygens (including phenoxy) is 1. The number of carbonyl (C=O) groups is 1. The third-order valence-corrected chi connectivity index (χ3v) is 6.98. The Kier molecular flexibility index (Phi) is 6.59. The van der Waals surface area contributed by atoms with Gasteiger partial charge in [0, 0.05) is 26.2 Å². The first-order valence-electron chi connectivity index (χ1n) is 8.73. The number of hydrogen-bond donors (Lipinski definition) is 0. The molecule has 0 aromatic heterocycles. The van der Waals surface area contributed by atoms with Crippen molar-refractivity contribution in [1.29, 1.82) is 0 Å². The van der Waals surface area contributed by atoms with Gasteiger partial charge in [-0.25, -0.2) is 8.42 Å². The van der Waals surface area contributed by atoms with Gasteiger partial charge >= 0.3 is 5.97 Å². The van der Waals surface area contributed by atoms with Gasteiger partial charge in [-0.2, -0.15) is 4.31 Å². The third-order valence-electron chi connectivity index (χ3n) is 5.06. The van der Waals surface area contributed by atoms with Gasteiger partial charge in [0.15, 0.2) is 0 Å². The Morgan fingerprint density at radius 2 is 1.68 bits per heavy atom. The quantitative estimate of drug-likeness (QED) is 0.719. The number of hydrogen-bond acceptors (Lipinski definition) is 5. The molecule has 1 heterocycles. The topological polar surface area (TPSA) is 66.9 Å². The van der Waals surface area contributed by atoms with Crippen LogP contribution < -0.4 is 0 Å². The summed E-state index contributed by atoms with van der Waals surface area (Å²) in [7, 11) is -2.13. The zero-order valence-electron chi connectivity index (χ0n) is 15.4. The van der Waals surface area contributed by atoms with Crippen LogP contribution in [0.25, 0.3) is 0 Å². The molecule has 1 saturated heterocycles. The normalized spacial score (nSPS) is 19.4. The van der Waals surface area contributed by atoms with E-state index in [0.29, 0.717) is 37.0 Å². The Bertz CT molecular complexity index is 680. The number of methoxy groups -OCH3 is 1. The van der Waals surface area contributed by atoms with Gasteiger partial charge in [0.05, 0.1) is 12.0 Å². The molecule has 2 unspecified atom stereocenters. The highest BCUT2D eigenvalue weighted by Crippen LogP contribution is 2.23. The Morgan fingerprint density at radius 3 is 2.16 bits per heavy atom. The van der Waals surface area contributed by atoms with Crippen LogP contribution in [0.4, 0.5) is 0 Å². The van der Waals surface area contributed by atoms with Gasteiger partial charge in [-0.05, 0) is 37.0 Å². The van der Waals surface area contributed by atoms with Crippen molar-refractivity contribution >= 4 is 16.0 Å². The molecular weight excluding hydrogens is 340 g/mol. The van der Waals surface area contributed by atoms with Crippen LogP contribution in [-0.4, -0.2) is 62.9 Å². The van der Waals surface area contributed by atoms with E-state index in [2.05, 4.69) is 13.8 Å². The van der Waals surface area contributed by atoms with E-state index in [1.807, 2.05) is 17.0 Å². The number of rotatable bonds is 6. The zero-order valence-corrected chi connectivity index (χ0v) is 16.3. The fourth-order valence-corrected chi connectivity index (χ4v) is 4.43. The first-order chi connectivity index (χ1) is 11.8. The van der Waals surface area contributed by atoms with E-state index in [1.54, 1.807) is 19.1 Å². The van der Waals surface area contributed by atoms with Crippen LogP contribution in [0, 0.1) is 0 Å². The van der Waals surface area contributed by atoms with Gasteiger partial charge in [-0.1, -0.05) is 26.0 Å². The molecule has 6 nitrogen and oxygen atoms in total. The lowest BCUT2D eigenvalue weighted by atomic mass is 9.99. The third kappa shape index (κ3) is 4.40. The van der Waals surface area contributed by atoms with Gasteiger partial charge in [0.1, 0.15) is 6.04 Å². The van der Waals surface area contributed by atoms with Crippen molar-refractivity contribution in [2.45, 2.75) is 44.0 Å². The second kappa shape index (κ2) is 8.29. The SMILES string of the molecule is CCC(C)c1ccc(S(=O)(=O)N2CCN(C(C)C(=O)OC)CC2)cc1. The molecule has 25 heavy (non-hydrogen) atoms. The summed E-state index contributed by atoms with van der Waals surface area (Å²) in [5.41, 5.74) is 1.15. The lowest BCUT2D eigenvalue weighted by Crippen LogP contribution is -2.53. The Hall–Kier alpha value is -1.44. The van der Waals surface area contributed by atoms with E-state index in [-0.39, 0.29) is 12.0 Å². The summed E-state index contributed by atoms with van der Waals surface area (Å²) >= 11 is 0. The molecular formula is C18H28N2O4S. The predicted molar refractivity (Wildman–Crippen MR) is 97.0 cm³/mol. The van der Waals surface area contributed by atoms with E-state index >= 15 is 0 Å². The number of piperazine rings is 1. The van der Waals surface area contributed by atoms with Crippen molar-refractivity contribution in [2.24, 2.45) is 0 Å². The summed E-state index contributed by atoms with van der Waals surface area (Å²) in [5.74, 6) is 0.122. The second-order valence-electron chi connectivity index (χ2n) is 6.52. The van der Waals surface area contributed by atoms with Crippen molar-refractivity contribution in [3.63, 3.8) is 0 Å². The largest absolute Gasteiger partial charge is 0.468 e. The predicted octanol–water partition coefficient (Wildman–Crippen LogP) is 2.07. The van der Waals surface area contributed by atoms with Crippen LogP contribution in [0.5, 0.6) is 0 Å². The molecule has 1 aliphatic heterocycles. The van der Waals surface area contributed by atoms with Crippen molar-refractivity contribution in [1.82, 2.24) is 9.21 Å². The molecule has 1 aromatic carbocycles. The van der Waals surface area contributed by atoms with Crippen LogP contribution in [-0.2, 0) is 19.6 Å². The smallest absolute Gasteiger partial charge is 0.322 e. The van der Waals surface area contributed by atoms with Crippen molar-refractivity contribution < 1.29 is 17.9 Å². The van der Waals surface area contributed by atoms with Crippen LogP contribution in [0.3, 0.4) is 0 Å². The highest BCUT2D eigenvalue weighted by molar-refractivity contribution is 7.89. The molecule has 1 aromatic rings. The Balaban J connectivity index is 2.05. The first-order valence-corrected chi connectivity index (χ1v) is 10.2. The molecule has 0 spiro atoms. The fraction of sp³-hybridized carbons (Fsp3) is 0.611. The molecule has 2 atom stereocenters. The summed E-state index contributed by atoms with van der Waals surface area (Å²) in [6.07, 6.45) is 1.02. The van der Waals surface area contributed by atoms with Gasteiger partial charge in [-0.3, -0.25) is 9.69 Å². The van der Waals surface area contributed by atoms with E-state index in [0.717, 1.165) is 12.0 Å². The minimum absolute atomic E-state index is 0.295. The van der Waals surface area contributed by atoms with E-state index < -0.39 is 10.0 Å². The molecule has 7 heteroatoms. The molecule has 0 radical (unpaired) electrons. The average Bonchev–Trinajstić information content (AvgIpc) is 2.66. The Labute approximate surface area is 150 Å². The van der Waals surface area contributed by atoms with Crippen molar-refractivity contribution in [3.8, 4) is 0 Å². The molecule has 140 valence electrons. The summed E-state index contributed by atoms with van der Waals surface area (Å²) in [4.78, 5) is 13.9. The minimum Gasteiger partial charge on any atom is -0.468 e. The lowest BCUT2D eigenvalue weighted by Gasteiger charge is -2.36. The van der Waals surface area contributed by atoms with Gasteiger partial charge in [0.25, 0.3) is 0 Å². The first kappa shape index (κ1) is 19.9. The number of sulfonamides is 1. The zero-order chi connectivity index (χ0) is 18.6. The monoisotopic (exact) mass is 368 g/mol. The highest BCUT2D eigenvalue weighted by atomic mass is 32.2. The summed E-state index contributed by atoms with van der Waals surface area (Å²) in [5, 5.41) is 0. The lowest BCUT2D eigenvalue weighted by molar-refractivity contribution is -0.146. The number of benzene rings is 1. The molecule has 0 aliphatic carbocycles. The maximum atomic E-state index is 12.8. The van der Waals surface area contributed by atoms with E-state index in [4.69, 9.17) is 4.74 Å². The highest BCUT2D eigenvalue weighted by Gasteiger charge is 2.32. The summed E-state index contributed by atoms with van der Waals surface area (Å²) < 4.78 is 31.9. The molecule has 1 aliphatic rings. The number of nitrogens with zero attached hydrogens (tertiary/aromatic N) is 2. The van der Waals surface area contributed by atoms with Gasteiger partial charge in [0.2, 0.25) is 10.0 Å². The number of esters is 1. The van der Waals surface area contributed by atoms with Crippen LogP contribution in [0.15, 0.2) is 29.2 Å². The van der Waals surface area contributed by atoms with Crippen LogP contribution >= 0.6 is 0 Å². The molecule has 0 N–H and O–H groups in total. The van der Waals surface area contributed by atoms with Crippen molar-refractivity contribution in [2.75, 3.05) is 33.3 Å². The maximum absolute atomic E-state index is 12.8. The van der Waals surface area contributed by atoms with Crippen LogP contribution in [0.1, 0.15) is 38.7 Å². The maximum Gasteiger partial charge on any atom is 0.322 e. The molecule has 2 rings (SSSR count). The van der Waals surface area contributed by atoms with E-state index in [1.165, 1.54) is 11.4 Å². The van der Waals surface area contributed by atoms with Crippen LogP contribution in [0.2, 0.25) is 0 Å². The number of carbonyl (C=O) groups excluding carboxylic acids is 1. The summed E-state index contributed by atoms with van der Waals surface area (Å²) in [6.45, 7) is 7.80.